The van der Waals surface area contributed by atoms with Crippen LogP contribution in [0.15, 0.2) is 59.1 Å². The van der Waals surface area contributed by atoms with Crippen LogP contribution in [0.4, 0.5) is 4.39 Å². The van der Waals surface area contributed by atoms with Crippen molar-refractivity contribution in [3.05, 3.63) is 66.1 Å². The van der Waals surface area contributed by atoms with Gasteiger partial charge < -0.3 is 4.42 Å². The standard InChI is InChI=1S/C18H12FNO/c1-11-7-8-20-16(9-11)15-4-2-3-14-13-6-5-12(19)10-17(13)21-18(14)15/h2-10H,1H3. The van der Waals surface area contributed by atoms with Crippen molar-refractivity contribution in [2.24, 2.45) is 0 Å². The lowest BCUT2D eigenvalue weighted by Crippen LogP contribution is -1.84. The van der Waals surface area contributed by atoms with Gasteiger partial charge in [-0.3, -0.25) is 4.98 Å². The first-order valence-electron chi connectivity index (χ1n) is 6.76. The number of para-hydroxylation sites is 1. The SMILES string of the molecule is Cc1ccnc(-c2cccc3c2oc2cc(F)ccc23)c1. The average molecular weight is 277 g/mol. The van der Waals surface area contributed by atoms with Crippen molar-refractivity contribution in [2.75, 3.05) is 0 Å². The second kappa shape index (κ2) is 4.42. The van der Waals surface area contributed by atoms with Gasteiger partial charge in [0, 0.05) is 28.6 Å². The maximum Gasteiger partial charge on any atom is 0.144 e. The summed E-state index contributed by atoms with van der Waals surface area (Å²) in [6.45, 7) is 2.03. The molecule has 0 aliphatic rings. The third kappa shape index (κ3) is 1.89. The van der Waals surface area contributed by atoms with Crippen LogP contribution in [0.1, 0.15) is 5.56 Å². The van der Waals surface area contributed by atoms with E-state index in [1.54, 1.807) is 12.3 Å². The number of aromatic nitrogens is 1. The monoisotopic (exact) mass is 277 g/mol. The molecule has 0 N–H and O–H groups in total. The van der Waals surface area contributed by atoms with Gasteiger partial charge in [-0.05, 0) is 42.8 Å². The molecule has 3 heteroatoms. The maximum atomic E-state index is 13.4. The fourth-order valence-electron chi connectivity index (χ4n) is 2.66. The van der Waals surface area contributed by atoms with Gasteiger partial charge in [0.25, 0.3) is 0 Å². The summed E-state index contributed by atoms with van der Waals surface area (Å²) in [4.78, 5) is 4.41. The molecule has 4 aromatic rings. The summed E-state index contributed by atoms with van der Waals surface area (Å²) in [5.41, 5.74) is 4.23. The van der Waals surface area contributed by atoms with E-state index in [-0.39, 0.29) is 5.82 Å². The first-order valence-corrected chi connectivity index (χ1v) is 6.76. The van der Waals surface area contributed by atoms with Crippen molar-refractivity contribution in [1.29, 1.82) is 0 Å². The highest BCUT2D eigenvalue weighted by molar-refractivity contribution is 6.09. The zero-order chi connectivity index (χ0) is 14.4. The first kappa shape index (κ1) is 12.1. The van der Waals surface area contributed by atoms with Crippen LogP contribution in [-0.4, -0.2) is 4.98 Å². The number of hydrogen-bond donors (Lipinski definition) is 0. The highest BCUT2D eigenvalue weighted by Crippen LogP contribution is 2.35. The topological polar surface area (TPSA) is 26.0 Å². The van der Waals surface area contributed by atoms with Crippen molar-refractivity contribution in [3.63, 3.8) is 0 Å². The summed E-state index contributed by atoms with van der Waals surface area (Å²) in [7, 11) is 0. The van der Waals surface area contributed by atoms with E-state index < -0.39 is 0 Å². The molecular formula is C18H12FNO. The molecule has 0 aliphatic carbocycles. The minimum atomic E-state index is -0.295. The van der Waals surface area contributed by atoms with Crippen molar-refractivity contribution < 1.29 is 8.81 Å². The van der Waals surface area contributed by atoms with Gasteiger partial charge in [0.15, 0.2) is 0 Å². The summed E-state index contributed by atoms with van der Waals surface area (Å²) in [6, 6.07) is 14.5. The Morgan fingerprint density at radius 3 is 2.76 bits per heavy atom. The number of halogens is 1. The van der Waals surface area contributed by atoms with Gasteiger partial charge >= 0.3 is 0 Å². The molecule has 2 aromatic heterocycles. The van der Waals surface area contributed by atoms with E-state index in [9.17, 15) is 4.39 Å². The van der Waals surface area contributed by atoms with Crippen molar-refractivity contribution in [1.82, 2.24) is 4.98 Å². The van der Waals surface area contributed by atoms with Gasteiger partial charge in [0.2, 0.25) is 0 Å². The molecule has 0 aliphatic heterocycles. The van der Waals surface area contributed by atoms with E-state index in [1.807, 2.05) is 37.3 Å². The Bertz CT molecular complexity index is 971. The van der Waals surface area contributed by atoms with E-state index >= 15 is 0 Å². The number of aryl methyl sites for hydroxylation is 1. The highest BCUT2D eigenvalue weighted by atomic mass is 19.1. The van der Waals surface area contributed by atoms with E-state index in [4.69, 9.17) is 4.42 Å². The van der Waals surface area contributed by atoms with Gasteiger partial charge in [0.05, 0.1) is 5.69 Å². The molecule has 2 heterocycles. The maximum absolute atomic E-state index is 13.4. The summed E-state index contributed by atoms with van der Waals surface area (Å²) < 4.78 is 19.2. The van der Waals surface area contributed by atoms with Crippen LogP contribution in [0, 0.1) is 12.7 Å². The smallest absolute Gasteiger partial charge is 0.144 e. The Hall–Kier alpha value is -2.68. The molecule has 2 nitrogen and oxygen atoms in total. The highest BCUT2D eigenvalue weighted by Gasteiger charge is 2.13. The third-order valence-corrected chi connectivity index (χ3v) is 3.65. The largest absolute Gasteiger partial charge is 0.455 e. The lowest BCUT2D eigenvalue weighted by atomic mass is 10.1. The Balaban J connectivity index is 2.08. The Morgan fingerprint density at radius 2 is 1.90 bits per heavy atom. The second-order valence-electron chi connectivity index (χ2n) is 5.14. The zero-order valence-corrected chi connectivity index (χ0v) is 11.4. The molecule has 0 radical (unpaired) electrons. The summed E-state index contributed by atoms with van der Waals surface area (Å²) in [6.07, 6.45) is 1.78. The number of rotatable bonds is 1. The third-order valence-electron chi connectivity index (χ3n) is 3.65. The summed E-state index contributed by atoms with van der Waals surface area (Å²) >= 11 is 0. The van der Waals surface area contributed by atoms with E-state index in [1.165, 1.54) is 12.1 Å². The van der Waals surface area contributed by atoms with Crippen LogP contribution in [0.25, 0.3) is 33.2 Å². The predicted octanol–water partition coefficient (Wildman–Crippen LogP) is 5.10. The molecule has 0 unspecified atom stereocenters. The van der Waals surface area contributed by atoms with Gasteiger partial charge in [-0.15, -0.1) is 0 Å². The normalized spacial score (nSPS) is 11.3. The Morgan fingerprint density at radius 1 is 1.00 bits per heavy atom. The van der Waals surface area contributed by atoms with Crippen LogP contribution in [-0.2, 0) is 0 Å². The van der Waals surface area contributed by atoms with Crippen LogP contribution in [0.3, 0.4) is 0 Å². The molecular weight excluding hydrogens is 265 g/mol. The van der Waals surface area contributed by atoms with E-state index in [2.05, 4.69) is 4.98 Å². The number of fused-ring (bicyclic) bond motifs is 3. The number of nitrogens with zero attached hydrogens (tertiary/aromatic N) is 1. The van der Waals surface area contributed by atoms with Crippen LogP contribution in [0.5, 0.6) is 0 Å². The van der Waals surface area contributed by atoms with Crippen molar-refractivity contribution >= 4 is 21.9 Å². The van der Waals surface area contributed by atoms with E-state index in [0.29, 0.717) is 5.58 Å². The molecule has 102 valence electrons. The number of benzene rings is 2. The van der Waals surface area contributed by atoms with Gasteiger partial charge in [-0.25, -0.2) is 4.39 Å². The van der Waals surface area contributed by atoms with Crippen LogP contribution < -0.4 is 0 Å². The van der Waals surface area contributed by atoms with E-state index in [0.717, 1.165) is 33.2 Å². The van der Waals surface area contributed by atoms with Gasteiger partial charge in [-0.1, -0.05) is 12.1 Å². The molecule has 4 rings (SSSR count). The Kier molecular flexibility index (Phi) is 2.54. The fraction of sp³-hybridized carbons (Fsp3) is 0.0556. The predicted molar refractivity (Wildman–Crippen MR) is 81.6 cm³/mol. The quantitative estimate of drug-likeness (QED) is 0.484. The van der Waals surface area contributed by atoms with Crippen molar-refractivity contribution in [3.8, 4) is 11.3 Å². The number of furan rings is 1. The molecule has 2 aromatic carbocycles. The first-order chi connectivity index (χ1) is 10.2. The molecule has 0 saturated carbocycles. The van der Waals surface area contributed by atoms with Crippen LogP contribution in [0.2, 0.25) is 0 Å². The second-order valence-corrected chi connectivity index (χ2v) is 5.14. The molecule has 0 spiro atoms. The Labute approximate surface area is 120 Å². The summed E-state index contributed by atoms with van der Waals surface area (Å²) in [5, 5.41) is 1.90. The molecule has 0 fully saturated rings. The molecule has 0 amide bonds. The van der Waals surface area contributed by atoms with Crippen molar-refractivity contribution in [2.45, 2.75) is 6.92 Å². The molecule has 0 saturated heterocycles. The minimum absolute atomic E-state index is 0.295. The van der Waals surface area contributed by atoms with Crippen LogP contribution >= 0.6 is 0 Å². The average Bonchev–Trinajstić information content (AvgIpc) is 2.84. The fourth-order valence-corrected chi connectivity index (χ4v) is 2.66. The van der Waals surface area contributed by atoms with Gasteiger partial charge in [0.1, 0.15) is 17.0 Å². The van der Waals surface area contributed by atoms with Gasteiger partial charge in [-0.2, -0.15) is 0 Å². The zero-order valence-electron chi connectivity index (χ0n) is 11.4. The summed E-state index contributed by atoms with van der Waals surface area (Å²) in [5.74, 6) is -0.295. The number of hydrogen-bond acceptors (Lipinski definition) is 2. The molecule has 21 heavy (non-hydrogen) atoms. The number of pyridine rings is 1. The molecule has 0 bridgehead atoms. The lowest BCUT2D eigenvalue weighted by Gasteiger charge is -2.02. The minimum Gasteiger partial charge on any atom is -0.455 e. The lowest BCUT2D eigenvalue weighted by molar-refractivity contribution is 0.618. The molecule has 0 atom stereocenters.